The third-order valence-corrected chi connectivity index (χ3v) is 2.74. The van der Waals surface area contributed by atoms with E-state index in [1.165, 1.54) is 18.5 Å². The molecule has 0 spiro atoms. The van der Waals surface area contributed by atoms with Crippen molar-refractivity contribution < 1.29 is 9.90 Å². The lowest BCUT2D eigenvalue weighted by Crippen LogP contribution is -2.05. The summed E-state index contributed by atoms with van der Waals surface area (Å²) in [6.07, 6.45) is 4.60. The molecule has 88 valence electrons. The summed E-state index contributed by atoms with van der Waals surface area (Å²) >= 11 is 0. The maximum atomic E-state index is 11.2. The van der Waals surface area contributed by atoms with Gasteiger partial charge in [0.25, 0.3) is 0 Å². The van der Waals surface area contributed by atoms with E-state index in [-0.39, 0.29) is 5.56 Å². The van der Waals surface area contributed by atoms with E-state index in [9.17, 15) is 9.90 Å². The van der Waals surface area contributed by atoms with Gasteiger partial charge in [-0.05, 0) is 18.2 Å². The molecule has 2 aromatic heterocycles. The topological polar surface area (TPSA) is 68.0 Å². The predicted molar refractivity (Wildman–Crippen MR) is 65.8 cm³/mol. The van der Waals surface area contributed by atoms with Gasteiger partial charge in [-0.25, -0.2) is 9.78 Å². The molecule has 0 bridgehead atoms. The zero-order valence-electron chi connectivity index (χ0n) is 9.32. The molecule has 5 heteroatoms. The summed E-state index contributed by atoms with van der Waals surface area (Å²) in [6.45, 7) is 0. The fourth-order valence-corrected chi connectivity index (χ4v) is 1.91. The molecule has 2 heterocycles. The number of aromatic nitrogens is 3. The molecule has 1 N–H and O–H groups in total. The minimum absolute atomic E-state index is 0.202. The third kappa shape index (κ3) is 1.53. The summed E-state index contributed by atoms with van der Waals surface area (Å²) in [7, 11) is 0. The van der Waals surface area contributed by atoms with Crippen LogP contribution in [0.15, 0.2) is 49.1 Å². The number of hydrogen-bond acceptors (Lipinski definition) is 3. The van der Waals surface area contributed by atoms with Crippen LogP contribution in [0, 0.1) is 0 Å². The Morgan fingerprint density at radius 3 is 2.89 bits per heavy atom. The monoisotopic (exact) mass is 239 g/mol. The maximum Gasteiger partial charge on any atom is 0.337 e. The minimum atomic E-state index is -0.981. The van der Waals surface area contributed by atoms with Crippen LogP contribution in [0.5, 0.6) is 0 Å². The van der Waals surface area contributed by atoms with E-state index in [0.717, 1.165) is 11.0 Å². The van der Waals surface area contributed by atoms with E-state index < -0.39 is 5.97 Å². The first kappa shape index (κ1) is 10.5. The number of carbonyl (C=O) groups is 1. The van der Waals surface area contributed by atoms with Crippen LogP contribution in [0.3, 0.4) is 0 Å². The maximum absolute atomic E-state index is 11.2. The van der Waals surface area contributed by atoms with Crippen LogP contribution in [0.2, 0.25) is 0 Å². The number of imidazole rings is 1. The van der Waals surface area contributed by atoms with Gasteiger partial charge in [0.05, 0.1) is 28.5 Å². The lowest BCUT2D eigenvalue weighted by Gasteiger charge is -2.06. The summed E-state index contributed by atoms with van der Waals surface area (Å²) in [5.74, 6) is -0.981. The van der Waals surface area contributed by atoms with Crippen molar-refractivity contribution in [2.45, 2.75) is 0 Å². The zero-order valence-corrected chi connectivity index (χ0v) is 9.32. The van der Waals surface area contributed by atoms with Crippen LogP contribution in [0.4, 0.5) is 0 Å². The van der Waals surface area contributed by atoms with Crippen molar-refractivity contribution in [2.75, 3.05) is 0 Å². The molecule has 0 unspecified atom stereocenters. The highest BCUT2D eigenvalue weighted by Crippen LogP contribution is 2.20. The average molecular weight is 239 g/mol. The Morgan fingerprint density at radius 1 is 1.22 bits per heavy atom. The van der Waals surface area contributed by atoms with E-state index in [1.54, 1.807) is 10.9 Å². The van der Waals surface area contributed by atoms with E-state index >= 15 is 0 Å². The molecule has 0 saturated heterocycles. The molecule has 0 aliphatic carbocycles. The molecule has 0 aliphatic heterocycles. The molecule has 0 radical (unpaired) electrons. The highest BCUT2D eigenvalue weighted by molar-refractivity contribution is 5.92. The second kappa shape index (κ2) is 3.96. The molecular formula is C13H9N3O2. The molecule has 0 amide bonds. The average Bonchev–Trinajstić information content (AvgIpc) is 2.82. The van der Waals surface area contributed by atoms with Gasteiger partial charge in [0.15, 0.2) is 0 Å². The van der Waals surface area contributed by atoms with Crippen LogP contribution in [-0.2, 0) is 0 Å². The number of pyridine rings is 1. The second-order valence-corrected chi connectivity index (χ2v) is 3.80. The molecule has 0 aliphatic rings. The van der Waals surface area contributed by atoms with Crippen LogP contribution in [0.1, 0.15) is 10.4 Å². The van der Waals surface area contributed by atoms with E-state index in [0.29, 0.717) is 5.69 Å². The van der Waals surface area contributed by atoms with Crippen molar-refractivity contribution >= 4 is 17.0 Å². The highest BCUT2D eigenvalue weighted by atomic mass is 16.4. The second-order valence-electron chi connectivity index (χ2n) is 3.80. The van der Waals surface area contributed by atoms with Gasteiger partial charge in [-0.1, -0.05) is 12.1 Å². The number of para-hydroxylation sites is 2. The van der Waals surface area contributed by atoms with Gasteiger partial charge in [-0.2, -0.15) is 0 Å². The van der Waals surface area contributed by atoms with Crippen molar-refractivity contribution in [3.63, 3.8) is 0 Å². The number of fused-ring (bicyclic) bond motifs is 1. The minimum Gasteiger partial charge on any atom is -0.478 e. The van der Waals surface area contributed by atoms with Crippen molar-refractivity contribution in [3.05, 3.63) is 54.6 Å². The first-order valence-corrected chi connectivity index (χ1v) is 5.37. The molecule has 0 fully saturated rings. The van der Waals surface area contributed by atoms with Gasteiger partial charge in [-0.15, -0.1) is 0 Å². The Bertz CT molecular complexity index is 734. The fourth-order valence-electron chi connectivity index (χ4n) is 1.91. The fraction of sp³-hybridized carbons (Fsp3) is 0. The predicted octanol–water partition coefficient (Wildman–Crippen LogP) is 2.12. The van der Waals surface area contributed by atoms with E-state index in [1.807, 2.05) is 24.3 Å². The summed E-state index contributed by atoms with van der Waals surface area (Å²) in [4.78, 5) is 19.4. The lowest BCUT2D eigenvalue weighted by molar-refractivity contribution is 0.0697. The normalized spacial score (nSPS) is 10.7. The smallest absolute Gasteiger partial charge is 0.337 e. The van der Waals surface area contributed by atoms with Crippen molar-refractivity contribution in [1.82, 2.24) is 14.5 Å². The number of benzene rings is 1. The lowest BCUT2D eigenvalue weighted by atomic mass is 10.2. The molecule has 3 aromatic rings. The molecule has 18 heavy (non-hydrogen) atoms. The highest BCUT2D eigenvalue weighted by Gasteiger charge is 2.13. The number of rotatable bonds is 2. The number of carboxylic acids is 1. The Hall–Kier alpha value is -2.69. The first-order valence-electron chi connectivity index (χ1n) is 5.37. The SMILES string of the molecule is O=C(O)c1ccncc1-n1cnc2ccccc21. The zero-order chi connectivity index (χ0) is 12.5. The Labute approximate surface area is 102 Å². The Balaban J connectivity index is 2.30. The van der Waals surface area contributed by atoms with Gasteiger partial charge in [-0.3, -0.25) is 9.55 Å². The van der Waals surface area contributed by atoms with Crippen LogP contribution in [-0.4, -0.2) is 25.6 Å². The van der Waals surface area contributed by atoms with Gasteiger partial charge in [0.2, 0.25) is 0 Å². The molecular weight excluding hydrogens is 230 g/mol. The van der Waals surface area contributed by atoms with Crippen LogP contribution >= 0.6 is 0 Å². The van der Waals surface area contributed by atoms with Gasteiger partial charge in [0, 0.05) is 6.20 Å². The first-order chi connectivity index (χ1) is 8.77. The Kier molecular flexibility index (Phi) is 2.30. The molecule has 5 nitrogen and oxygen atoms in total. The summed E-state index contributed by atoms with van der Waals surface area (Å²) in [6, 6.07) is 9.02. The Morgan fingerprint density at radius 2 is 2.06 bits per heavy atom. The van der Waals surface area contributed by atoms with Crippen molar-refractivity contribution in [2.24, 2.45) is 0 Å². The van der Waals surface area contributed by atoms with Crippen LogP contribution in [0.25, 0.3) is 16.7 Å². The van der Waals surface area contributed by atoms with Crippen molar-refractivity contribution in [1.29, 1.82) is 0 Å². The van der Waals surface area contributed by atoms with Crippen molar-refractivity contribution in [3.8, 4) is 5.69 Å². The number of nitrogens with zero attached hydrogens (tertiary/aromatic N) is 3. The van der Waals surface area contributed by atoms with Gasteiger partial charge in [0.1, 0.15) is 6.33 Å². The van der Waals surface area contributed by atoms with Crippen LogP contribution < -0.4 is 0 Å². The van der Waals surface area contributed by atoms with Gasteiger partial charge < -0.3 is 5.11 Å². The number of carboxylic acid groups (broad SMARTS) is 1. The molecule has 3 rings (SSSR count). The standard InChI is InChI=1S/C13H9N3O2/c17-13(18)9-5-6-14-7-12(9)16-8-15-10-3-1-2-4-11(10)16/h1-8H,(H,17,18). The van der Waals surface area contributed by atoms with E-state index in [2.05, 4.69) is 9.97 Å². The quantitative estimate of drug-likeness (QED) is 0.743. The summed E-state index contributed by atoms with van der Waals surface area (Å²) < 4.78 is 1.73. The summed E-state index contributed by atoms with van der Waals surface area (Å²) in [5.41, 5.74) is 2.39. The molecule has 0 saturated carbocycles. The number of aromatic carboxylic acids is 1. The third-order valence-electron chi connectivity index (χ3n) is 2.74. The number of hydrogen-bond donors (Lipinski definition) is 1. The largest absolute Gasteiger partial charge is 0.478 e. The molecule has 1 aromatic carbocycles. The van der Waals surface area contributed by atoms with Gasteiger partial charge >= 0.3 is 5.97 Å². The summed E-state index contributed by atoms with van der Waals surface area (Å²) in [5, 5.41) is 9.18. The van der Waals surface area contributed by atoms with E-state index in [4.69, 9.17) is 0 Å². The molecule has 0 atom stereocenters.